The topological polar surface area (TPSA) is 29.5 Å². The van der Waals surface area contributed by atoms with E-state index in [2.05, 4.69) is 11.8 Å². The number of rotatable bonds is 3. The molecule has 0 bridgehead atoms. The van der Waals surface area contributed by atoms with E-state index in [1.807, 2.05) is 0 Å². The van der Waals surface area contributed by atoms with Crippen LogP contribution in [-0.2, 0) is 4.74 Å². The van der Waals surface area contributed by atoms with Crippen LogP contribution in [0.1, 0.15) is 17.3 Å². The Morgan fingerprint density at radius 1 is 1.50 bits per heavy atom. The second-order valence-electron chi connectivity index (χ2n) is 4.24. The van der Waals surface area contributed by atoms with Crippen molar-refractivity contribution in [3.8, 4) is 0 Å². The highest BCUT2D eigenvalue weighted by atomic mass is 35.5. The Morgan fingerprint density at radius 2 is 2.28 bits per heavy atom. The van der Waals surface area contributed by atoms with Crippen molar-refractivity contribution in [1.82, 2.24) is 4.90 Å². The van der Waals surface area contributed by atoms with Gasteiger partial charge < -0.3 is 4.74 Å². The molecule has 0 spiro atoms. The van der Waals surface area contributed by atoms with Crippen LogP contribution in [0.2, 0.25) is 10.0 Å². The predicted octanol–water partition coefficient (Wildman–Crippen LogP) is 2.90. The summed E-state index contributed by atoms with van der Waals surface area (Å²) in [6.45, 7) is 5.06. The van der Waals surface area contributed by atoms with Crippen molar-refractivity contribution >= 4 is 29.0 Å². The van der Waals surface area contributed by atoms with E-state index in [-0.39, 0.29) is 5.78 Å². The van der Waals surface area contributed by atoms with Crippen molar-refractivity contribution in [1.29, 1.82) is 0 Å². The standard InChI is InChI=1S/C13H15Cl2NO2/c1-2-16-5-6-18-12(8-16)13(17)10-4-3-9(14)7-11(10)15/h3-4,7,12H,2,5-6,8H2,1H3. The number of ketones is 1. The zero-order valence-corrected chi connectivity index (χ0v) is 11.7. The average Bonchev–Trinajstić information content (AvgIpc) is 2.38. The van der Waals surface area contributed by atoms with Crippen LogP contribution in [0.3, 0.4) is 0 Å². The number of likely N-dealkylation sites (N-methyl/N-ethyl adjacent to an activating group) is 1. The first-order valence-electron chi connectivity index (χ1n) is 5.95. The van der Waals surface area contributed by atoms with Crippen LogP contribution in [0, 0.1) is 0 Å². The molecule has 0 N–H and O–H groups in total. The Hall–Kier alpha value is -0.610. The van der Waals surface area contributed by atoms with Crippen LogP contribution in [0.4, 0.5) is 0 Å². The number of morpholine rings is 1. The number of ether oxygens (including phenoxy) is 1. The Kier molecular flexibility index (Phi) is 4.62. The molecule has 18 heavy (non-hydrogen) atoms. The van der Waals surface area contributed by atoms with E-state index in [0.717, 1.165) is 13.1 Å². The second kappa shape index (κ2) is 6.02. The summed E-state index contributed by atoms with van der Waals surface area (Å²) in [7, 11) is 0. The first-order valence-corrected chi connectivity index (χ1v) is 6.70. The molecule has 5 heteroatoms. The van der Waals surface area contributed by atoms with Crippen LogP contribution in [0.15, 0.2) is 18.2 Å². The lowest BCUT2D eigenvalue weighted by Crippen LogP contribution is -2.45. The highest BCUT2D eigenvalue weighted by Gasteiger charge is 2.27. The van der Waals surface area contributed by atoms with Crippen LogP contribution in [-0.4, -0.2) is 43.0 Å². The van der Waals surface area contributed by atoms with E-state index in [1.165, 1.54) is 0 Å². The largest absolute Gasteiger partial charge is 0.367 e. The molecule has 0 aliphatic carbocycles. The number of Topliss-reactive ketones (excluding diaryl/α,β-unsaturated/α-hetero) is 1. The van der Waals surface area contributed by atoms with Gasteiger partial charge in [-0.2, -0.15) is 0 Å². The molecule has 2 rings (SSSR count). The maximum absolute atomic E-state index is 12.3. The number of hydrogen-bond donors (Lipinski definition) is 0. The molecule has 1 unspecified atom stereocenters. The van der Waals surface area contributed by atoms with Crippen molar-refractivity contribution in [3.63, 3.8) is 0 Å². The molecule has 3 nitrogen and oxygen atoms in total. The van der Waals surface area contributed by atoms with Gasteiger partial charge in [0.2, 0.25) is 0 Å². The Morgan fingerprint density at radius 3 is 2.94 bits per heavy atom. The molecule has 1 aromatic rings. The van der Waals surface area contributed by atoms with Gasteiger partial charge in [0.05, 0.1) is 11.6 Å². The molecule has 1 saturated heterocycles. The van der Waals surface area contributed by atoms with Crippen LogP contribution in [0.5, 0.6) is 0 Å². The molecule has 0 amide bonds. The molecule has 0 radical (unpaired) electrons. The second-order valence-corrected chi connectivity index (χ2v) is 5.08. The summed E-state index contributed by atoms with van der Waals surface area (Å²) >= 11 is 11.9. The Bertz CT molecular complexity index is 451. The first-order chi connectivity index (χ1) is 8.61. The van der Waals surface area contributed by atoms with Gasteiger partial charge in [-0.05, 0) is 24.7 Å². The highest BCUT2D eigenvalue weighted by Crippen LogP contribution is 2.23. The fraction of sp³-hybridized carbons (Fsp3) is 0.462. The summed E-state index contributed by atoms with van der Waals surface area (Å²) in [5.74, 6) is -0.0742. The van der Waals surface area contributed by atoms with Gasteiger partial charge in [0.1, 0.15) is 6.10 Å². The molecule has 1 heterocycles. The third kappa shape index (κ3) is 3.04. The molecule has 0 aromatic heterocycles. The first kappa shape index (κ1) is 13.8. The zero-order chi connectivity index (χ0) is 13.1. The molecular formula is C13H15Cl2NO2. The summed E-state index contributed by atoms with van der Waals surface area (Å²) in [5, 5.41) is 0.904. The van der Waals surface area contributed by atoms with Gasteiger partial charge in [0, 0.05) is 23.7 Å². The van der Waals surface area contributed by atoms with Crippen molar-refractivity contribution in [2.24, 2.45) is 0 Å². The van der Waals surface area contributed by atoms with Crippen LogP contribution >= 0.6 is 23.2 Å². The van der Waals surface area contributed by atoms with Crippen LogP contribution < -0.4 is 0 Å². The van der Waals surface area contributed by atoms with E-state index < -0.39 is 6.10 Å². The Balaban J connectivity index is 2.15. The molecule has 0 saturated carbocycles. The van der Waals surface area contributed by atoms with Gasteiger partial charge in [-0.15, -0.1) is 0 Å². The number of nitrogens with zero attached hydrogens (tertiary/aromatic N) is 1. The molecule has 1 aliphatic rings. The summed E-state index contributed by atoms with van der Waals surface area (Å²) in [5.41, 5.74) is 0.476. The van der Waals surface area contributed by atoms with Crippen molar-refractivity contribution in [2.75, 3.05) is 26.2 Å². The van der Waals surface area contributed by atoms with Crippen molar-refractivity contribution in [2.45, 2.75) is 13.0 Å². The highest BCUT2D eigenvalue weighted by molar-refractivity contribution is 6.37. The quantitative estimate of drug-likeness (QED) is 0.801. The third-order valence-electron chi connectivity index (χ3n) is 3.09. The number of hydrogen-bond acceptors (Lipinski definition) is 3. The average molecular weight is 288 g/mol. The summed E-state index contributed by atoms with van der Waals surface area (Å²) in [6, 6.07) is 4.90. The molecule has 1 fully saturated rings. The summed E-state index contributed by atoms with van der Waals surface area (Å²) in [4.78, 5) is 14.5. The monoisotopic (exact) mass is 287 g/mol. The zero-order valence-electron chi connectivity index (χ0n) is 10.2. The molecular weight excluding hydrogens is 273 g/mol. The van der Waals surface area contributed by atoms with Crippen molar-refractivity contribution in [3.05, 3.63) is 33.8 Å². The molecule has 1 aliphatic heterocycles. The normalized spacial score (nSPS) is 20.9. The lowest BCUT2D eigenvalue weighted by molar-refractivity contribution is -0.0148. The molecule has 1 aromatic carbocycles. The maximum Gasteiger partial charge on any atom is 0.194 e. The maximum atomic E-state index is 12.3. The van der Waals surface area contributed by atoms with E-state index in [4.69, 9.17) is 27.9 Å². The fourth-order valence-corrected chi connectivity index (χ4v) is 2.51. The van der Waals surface area contributed by atoms with Gasteiger partial charge in [-0.1, -0.05) is 30.1 Å². The van der Waals surface area contributed by atoms with E-state index in [0.29, 0.717) is 28.8 Å². The minimum absolute atomic E-state index is 0.0742. The van der Waals surface area contributed by atoms with Crippen molar-refractivity contribution < 1.29 is 9.53 Å². The number of carbonyl (C=O) groups is 1. The smallest absolute Gasteiger partial charge is 0.194 e. The SMILES string of the molecule is CCN1CCOC(C(=O)c2ccc(Cl)cc2Cl)C1. The number of halogens is 2. The van der Waals surface area contributed by atoms with E-state index in [1.54, 1.807) is 18.2 Å². The predicted molar refractivity (Wildman–Crippen MR) is 72.6 cm³/mol. The van der Waals surface area contributed by atoms with Gasteiger partial charge in [-0.25, -0.2) is 0 Å². The van der Waals surface area contributed by atoms with Gasteiger partial charge in [-0.3, -0.25) is 9.69 Å². The Labute approximate surface area is 117 Å². The molecule has 98 valence electrons. The van der Waals surface area contributed by atoms with E-state index >= 15 is 0 Å². The lowest BCUT2D eigenvalue weighted by atomic mass is 10.0. The lowest BCUT2D eigenvalue weighted by Gasteiger charge is -2.31. The molecule has 1 atom stereocenters. The van der Waals surface area contributed by atoms with Gasteiger partial charge in [0.15, 0.2) is 5.78 Å². The number of carbonyl (C=O) groups excluding carboxylic acids is 1. The number of benzene rings is 1. The third-order valence-corrected chi connectivity index (χ3v) is 3.63. The van der Waals surface area contributed by atoms with E-state index in [9.17, 15) is 4.79 Å². The van der Waals surface area contributed by atoms with Gasteiger partial charge >= 0.3 is 0 Å². The minimum atomic E-state index is -0.433. The minimum Gasteiger partial charge on any atom is -0.367 e. The fourth-order valence-electron chi connectivity index (χ4n) is 2.01. The van der Waals surface area contributed by atoms with Crippen LogP contribution in [0.25, 0.3) is 0 Å². The summed E-state index contributed by atoms with van der Waals surface area (Å²) < 4.78 is 5.53. The summed E-state index contributed by atoms with van der Waals surface area (Å²) in [6.07, 6.45) is -0.433. The van der Waals surface area contributed by atoms with Gasteiger partial charge in [0.25, 0.3) is 0 Å².